The van der Waals surface area contributed by atoms with Crippen LogP contribution in [0.25, 0.3) is 10.9 Å². The monoisotopic (exact) mass is 462 g/mol. The third-order valence-electron chi connectivity index (χ3n) is 5.08. The number of hydrogen-bond acceptors (Lipinski definition) is 5. The highest BCUT2D eigenvalue weighted by atomic mass is 35.5. The molecular formula is C22H23ClN2O5S. The molecule has 164 valence electrons. The molecule has 0 unspecified atom stereocenters. The molecule has 0 aliphatic carbocycles. The van der Waals surface area contributed by atoms with E-state index in [4.69, 9.17) is 16.3 Å². The van der Waals surface area contributed by atoms with Crippen molar-refractivity contribution in [1.82, 2.24) is 4.57 Å². The van der Waals surface area contributed by atoms with Gasteiger partial charge in [-0.1, -0.05) is 42.8 Å². The lowest BCUT2D eigenvalue weighted by Gasteiger charge is -2.31. The van der Waals surface area contributed by atoms with Gasteiger partial charge in [-0.2, -0.15) is 0 Å². The molecule has 0 amide bonds. The number of halogens is 1. The predicted octanol–water partition coefficient (Wildman–Crippen LogP) is 4.27. The number of nitrogens with zero attached hydrogens (tertiary/aromatic N) is 2. The van der Waals surface area contributed by atoms with Crippen LogP contribution in [0.3, 0.4) is 0 Å². The molecule has 7 nitrogen and oxygen atoms in total. The van der Waals surface area contributed by atoms with Crippen molar-refractivity contribution in [3.05, 3.63) is 64.8 Å². The van der Waals surface area contributed by atoms with Crippen LogP contribution in [0.2, 0.25) is 5.02 Å². The summed E-state index contributed by atoms with van der Waals surface area (Å²) in [5.74, 6) is -1.07. The Bertz CT molecular complexity index is 1270. The number of aryl methyl sites for hydroxylation is 1. The molecule has 0 N–H and O–H groups in total. The Morgan fingerprint density at radius 1 is 1.19 bits per heavy atom. The zero-order valence-corrected chi connectivity index (χ0v) is 19.2. The number of esters is 1. The van der Waals surface area contributed by atoms with Crippen LogP contribution in [0, 0.1) is 6.92 Å². The maximum Gasteiger partial charge on any atom is 0.340 e. The zero-order chi connectivity index (χ0) is 22.9. The highest BCUT2D eigenvalue weighted by Gasteiger charge is 2.34. The number of methoxy groups -OCH3 is 1. The molecule has 0 aliphatic rings. The lowest BCUT2D eigenvalue weighted by atomic mass is 10.1. The maximum atomic E-state index is 13.6. The van der Waals surface area contributed by atoms with E-state index in [0.29, 0.717) is 27.2 Å². The number of aromatic nitrogens is 1. The summed E-state index contributed by atoms with van der Waals surface area (Å²) < 4.78 is 32.9. The van der Waals surface area contributed by atoms with Gasteiger partial charge in [0, 0.05) is 16.6 Å². The van der Waals surface area contributed by atoms with Crippen molar-refractivity contribution in [2.24, 2.45) is 0 Å². The van der Waals surface area contributed by atoms with Crippen molar-refractivity contribution in [3.63, 3.8) is 0 Å². The van der Waals surface area contributed by atoms with Crippen molar-refractivity contribution in [3.8, 4) is 0 Å². The van der Waals surface area contributed by atoms with E-state index in [9.17, 15) is 18.0 Å². The lowest BCUT2D eigenvalue weighted by molar-refractivity contribution is 0.0603. The third kappa shape index (κ3) is 4.31. The molecule has 0 saturated heterocycles. The molecule has 0 aliphatic heterocycles. The summed E-state index contributed by atoms with van der Waals surface area (Å²) in [6, 6.07) is 10.7. The van der Waals surface area contributed by atoms with Gasteiger partial charge in [-0.25, -0.2) is 13.2 Å². The fraction of sp³-hybridized carbons (Fsp3) is 0.273. The normalized spacial score (nSPS) is 12.5. The molecule has 3 aromatic rings. The van der Waals surface area contributed by atoms with Crippen LogP contribution >= 0.6 is 11.6 Å². The average Bonchev–Trinajstić information content (AvgIpc) is 3.12. The number of hydrogen-bond donors (Lipinski definition) is 0. The summed E-state index contributed by atoms with van der Waals surface area (Å²) in [6.07, 6.45) is 2.65. The van der Waals surface area contributed by atoms with Gasteiger partial charge in [-0.05, 0) is 37.1 Å². The van der Waals surface area contributed by atoms with Crippen molar-refractivity contribution < 1.29 is 22.7 Å². The van der Waals surface area contributed by atoms with Gasteiger partial charge < -0.3 is 4.74 Å². The van der Waals surface area contributed by atoms with E-state index in [1.165, 1.54) is 23.9 Å². The molecule has 0 bridgehead atoms. The Morgan fingerprint density at radius 3 is 2.48 bits per heavy atom. The van der Waals surface area contributed by atoms with Gasteiger partial charge in [0.05, 0.1) is 30.1 Å². The van der Waals surface area contributed by atoms with Gasteiger partial charge in [-0.3, -0.25) is 13.7 Å². The highest BCUT2D eigenvalue weighted by molar-refractivity contribution is 7.92. The molecule has 0 fully saturated rings. The van der Waals surface area contributed by atoms with Gasteiger partial charge in [0.25, 0.3) is 5.91 Å². The molecule has 0 radical (unpaired) electrons. The van der Waals surface area contributed by atoms with Crippen LogP contribution in [0.15, 0.2) is 48.7 Å². The van der Waals surface area contributed by atoms with Crippen molar-refractivity contribution >= 4 is 50.1 Å². The number of sulfonamides is 1. The number of rotatable bonds is 6. The SMILES string of the molecule is CC[C@H](C(=O)n1cc(C(=O)OC)c2ccccc21)N(c1cc(Cl)ccc1C)S(C)(=O)=O. The summed E-state index contributed by atoms with van der Waals surface area (Å²) in [6.45, 7) is 3.48. The Hall–Kier alpha value is -2.84. The first-order valence-electron chi connectivity index (χ1n) is 9.58. The van der Waals surface area contributed by atoms with Gasteiger partial charge in [-0.15, -0.1) is 0 Å². The van der Waals surface area contributed by atoms with E-state index in [-0.39, 0.29) is 12.0 Å². The highest BCUT2D eigenvalue weighted by Crippen LogP contribution is 2.31. The quantitative estimate of drug-likeness (QED) is 0.510. The number of carbonyl (C=O) groups excluding carboxylic acids is 2. The summed E-state index contributed by atoms with van der Waals surface area (Å²) in [5.41, 5.74) is 1.71. The molecule has 31 heavy (non-hydrogen) atoms. The second kappa shape index (κ2) is 8.72. The van der Waals surface area contributed by atoms with Crippen LogP contribution in [-0.2, 0) is 14.8 Å². The molecule has 0 spiro atoms. The van der Waals surface area contributed by atoms with E-state index in [1.54, 1.807) is 50.2 Å². The van der Waals surface area contributed by atoms with E-state index >= 15 is 0 Å². The number of benzene rings is 2. The minimum atomic E-state index is -3.84. The third-order valence-corrected chi connectivity index (χ3v) is 6.48. The average molecular weight is 463 g/mol. The van der Waals surface area contributed by atoms with Crippen LogP contribution in [-0.4, -0.2) is 44.3 Å². The number of carbonyl (C=O) groups is 2. The minimum absolute atomic E-state index is 0.206. The molecule has 0 saturated carbocycles. The van der Waals surface area contributed by atoms with Crippen molar-refractivity contribution in [2.45, 2.75) is 26.3 Å². The van der Waals surface area contributed by atoms with Crippen LogP contribution < -0.4 is 4.31 Å². The molecule has 3 rings (SSSR count). The number of anilines is 1. The van der Waals surface area contributed by atoms with Gasteiger partial charge >= 0.3 is 5.97 Å². The van der Waals surface area contributed by atoms with Crippen LogP contribution in [0.1, 0.15) is 34.1 Å². The predicted molar refractivity (Wildman–Crippen MR) is 121 cm³/mol. The summed E-state index contributed by atoms with van der Waals surface area (Å²) in [4.78, 5) is 25.9. The minimum Gasteiger partial charge on any atom is -0.465 e. The molecule has 9 heteroatoms. The second-order valence-corrected chi connectivity index (χ2v) is 9.47. The summed E-state index contributed by atoms with van der Waals surface area (Å²) in [5, 5.41) is 0.901. The topological polar surface area (TPSA) is 85.7 Å². The first-order chi connectivity index (χ1) is 14.6. The molecule has 1 heterocycles. The van der Waals surface area contributed by atoms with Crippen LogP contribution in [0.5, 0.6) is 0 Å². The van der Waals surface area contributed by atoms with Crippen LogP contribution in [0.4, 0.5) is 5.69 Å². The Morgan fingerprint density at radius 2 is 1.87 bits per heavy atom. The van der Waals surface area contributed by atoms with Crippen molar-refractivity contribution in [2.75, 3.05) is 17.7 Å². The van der Waals surface area contributed by atoms with E-state index in [2.05, 4.69) is 0 Å². The first-order valence-corrected chi connectivity index (χ1v) is 11.8. The molecule has 1 atom stereocenters. The van der Waals surface area contributed by atoms with E-state index in [0.717, 1.165) is 10.6 Å². The standard InChI is InChI=1S/C22H23ClN2O5S/c1-5-18(25(31(4,28)29)20-12-15(23)11-10-14(20)2)21(26)24-13-17(22(27)30-3)16-8-6-7-9-19(16)24/h6-13,18H,5H2,1-4H3/t18-/m1/s1. The summed E-state index contributed by atoms with van der Waals surface area (Å²) >= 11 is 6.12. The number of ether oxygens (including phenoxy) is 1. The largest absolute Gasteiger partial charge is 0.465 e. The molecule has 2 aromatic carbocycles. The molecular weight excluding hydrogens is 440 g/mol. The van der Waals surface area contributed by atoms with Gasteiger partial charge in [0.2, 0.25) is 10.0 Å². The maximum absolute atomic E-state index is 13.6. The Balaban J connectivity index is 2.20. The number of para-hydroxylation sites is 1. The van der Waals surface area contributed by atoms with Crippen molar-refractivity contribution in [1.29, 1.82) is 0 Å². The Labute approximate surface area is 186 Å². The fourth-order valence-corrected chi connectivity index (χ4v) is 5.06. The van der Waals surface area contributed by atoms with E-state index in [1.807, 2.05) is 0 Å². The second-order valence-electron chi connectivity index (χ2n) is 7.17. The van der Waals surface area contributed by atoms with E-state index < -0.39 is 27.9 Å². The first kappa shape index (κ1) is 22.8. The zero-order valence-electron chi connectivity index (χ0n) is 17.6. The smallest absolute Gasteiger partial charge is 0.340 e. The number of fused-ring (bicyclic) bond motifs is 1. The fourth-order valence-electron chi connectivity index (χ4n) is 3.63. The van der Waals surface area contributed by atoms with Gasteiger partial charge in [0.15, 0.2) is 0 Å². The Kier molecular flexibility index (Phi) is 6.43. The summed E-state index contributed by atoms with van der Waals surface area (Å²) in [7, 11) is -2.58. The molecule has 1 aromatic heterocycles. The van der Waals surface area contributed by atoms with Gasteiger partial charge in [0.1, 0.15) is 6.04 Å². The lowest BCUT2D eigenvalue weighted by Crippen LogP contribution is -2.46.